The molecule has 0 atom stereocenters. The first kappa shape index (κ1) is 30.7. The molecule has 0 aliphatic heterocycles. The van der Waals surface area contributed by atoms with Crippen LogP contribution in [0.5, 0.6) is 5.75 Å². The summed E-state index contributed by atoms with van der Waals surface area (Å²) in [6, 6.07) is 17.3. The Labute approximate surface area is 262 Å². The van der Waals surface area contributed by atoms with Gasteiger partial charge < -0.3 is 18.9 Å². The van der Waals surface area contributed by atoms with Gasteiger partial charge in [-0.25, -0.2) is 17.8 Å². The lowest BCUT2D eigenvalue weighted by Gasteiger charge is -2.25. The minimum absolute atomic E-state index is 0.0553. The number of ether oxygens (including phenoxy) is 1. The number of carbonyl (C=O) groups is 1. The van der Waals surface area contributed by atoms with Gasteiger partial charge in [0, 0.05) is 41.2 Å². The number of aromatic nitrogens is 2. The van der Waals surface area contributed by atoms with Gasteiger partial charge in [0.05, 0.1) is 37.5 Å². The highest BCUT2D eigenvalue weighted by Crippen LogP contribution is 2.43. The van der Waals surface area contributed by atoms with Crippen LogP contribution in [0.1, 0.15) is 16.8 Å². The number of hydrogen-bond donors (Lipinski definition) is 1. The second-order valence-electron chi connectivity index (χ2n) is 10.5. The van der Waals surface area contributed by atoms with Crippen LogP contribution >= 0.6 is 0 Å². The lowest BCUT2D eigenvalue weighted by atomic mass is 9.96. The summed E-state index contributed by atoms with van der Waals surface area (Å²) in [5.41, 5.74) is 3.47. The first-order chi connectivity index (χ1) is 22.1. The highest BCUT2D eigenvalue weighted by Gasteiger charge is 2.28. The number of nitrogens with zero attached hydrogens (tertiary/aromatic N) is 2. The quantitative estimate of drug-likeness (QED) is 0.193. The topological polar surface area (TPSA) is 129 Å². The molecule has 0 bridgehead atoms. The summed E-state index contributed by atoms with van der Waals surface area (Å²) in [5.74, 6) is -0.0558. The lowest BCUT2D eigenvalue weighted by molar-refractivity contribution is -0.347. The van der Waals surface area contributed by atoms with E-state index in [-0.39, 0.29) is 41.5 Å². The van der Waals surface area contributed by atoms with Crippen LogP contribution in [0, 0.1) is 5.82 Å². The number of anilines is 1. The first-order valence-electron chi connectivity index (χ1n) is 14.2. The Morgan fingerprint density at radius 2 is 1.78 bits per heavy atom. The van der Waals surface area contributed by atoms with Crippen molar-refractivity contribution in [1.29, 1.82) is 0 Å². The van der Waals surface area contributed by atoms with Crippen LogP contribution in [-0.2, 0) is 10.0 Å². The van der Waals surface area contributed by atoms with Crippen LogP contribution in [-0.4, -0.2) is 52.9 Å². The number of hydrogen-bond acceptors (Lipinski definition) is 7. The molecule has 6 aromatic rings. The molecule has 46 heavy (non-hydrogen) atoms. The fourth-order valence-corrected chi connectivity index (χ4v) is 6.33. The van der Waals surface area contributed by atoms with Crippen molar-refractivity contribution in [3.05, 3.63) is 84.3 Å². The standard InChI is InChI=1S/C33H28F2N4O6S/c1-36-32(40)29-23-17-22(20-9-12-26(43-2)24(16-20)33-38-31-27(45-33)6-4-14-37-31)25(39(15-5-13-34)46(3,41)42)18-28(23)44-30(29)19-7-10-21(35)11-8-19/h4,6-12,14,16-18H,5,13,15H2,1-3H3,(H,36,40)/p+1. The third kappa shape index (κ3) is 5.65. The van der Waals surface area contributed by atoms with Crippen molar-refractivity contribution in [2.24, 2.45) is 0 Å². The van der Waals surface area contributed by atoms with Crippen LogP contribution in [0.2, 0.25) is 0 Å². The van der Waals surface area contributed by atoms with E-state index in [2.05, 4.69) is 15.3 Å². The summed E-state index contributed by atoms with van der Waals surface area (Å²) < 4.78 is 72.4. The number of alkyl halides is 1. The van der Waals surface area contributed by atoms with Crippen LogP contribution in [0.25, 0.3) is 56.1 Å². The number of benzene rings is 3. The third-order valence-electron chi connectivity index (χ3n) is 7.49. The minimum atomic E-state index is -3.92. The fourth-order valence-electron chi connectivity index (χ4n) is 5.36. The Balaban J connectivity index is 1.65. The average molecular weight is 648 g/mol. The lowest BCUT2D eigenvalue weighted by Crippen LogP contribution is -2.31. The maximum Gasteiger partial charge on any atom is 0.368 e. The van der Waals surface area contributed by atoms with Gasteiger partial charge in [0.2, 0.25) is 15.6 Å². The molecular formula is C33H29F2N4O6S+. The van der Waals surface area contributed by atoms with E-state index in [1.807, 2.05) is 0 Å². The minimum Gasteiger partial charge on any atom is -0.496 e. The number of halogens is 2. The Bertz CT molecular complexity index is 2160. The first-order valence-corrected chi connectivity index (χ1v) is 16.1. The Morgan fingerprint density at radius 1 is 1.02 bits per heavy atom. The summed E-state index contributed by atoms with van der Waals surface area (Å²) >= 11 is 0. The maximum absolute atomic E-state index is 13.8. The van der Waals surface area contributed by atoms with E-state index in [4.69, 9.17) is 13.6 Å². The van der Waals surface area contributed by atoms with Gasteiger partial charge in [-0.2, -0.15) is 0 Å². The Kier molecular flexibility index (Phi) is 8.17. The van der Waals surface area contributed by atoms with Gasteiger partial charge in [0.1, 0.15) is 28.5 Å². The van der Waals surface area contributed by atoms with E-state index < -0.39 is 28.4 Å². The summed E-state index contributed by atoms with van der Waals surface area (Å²) in [7, 11) is -0.941. The van der Waals surface area contributed by atoms with Gasteiger partial charge in [0.25, 0.3) is 5.91 Å². The number of rotatable bonds is 10. The summed E-state index contributed by atoms with van der Waals surface area (Å²) in [4.78, 5) is 20.9. The highest BCUT2D eigenvalue weighted by molar-refractivity contribution is 7.92. The molecule has 13 heteroatoms. The molecule has 0 saturated carbocycles. The molecule has 0 aliphatic rings. The highest BCUT2D eigenvalue weighted by atomic mass is 32.2. The number of nitrogens with one attached hydrogen (secondary N) is 2. The van der Waals surface area contributed by atoms with E-state index in [1.165, 1.54) is 44.5 Å². The molecule has 0 radical (unpaired) electrons. The second-order valence-corrected chi connectivity index (χ2v) is 12.4. The summed E-state index contributed by atoms with van der Waals surface area (Å²) in [6.45, 7) is -0.882. The molecule has 3 aromatic heterocycles. The van der Waals surface area contributed by atoms with E-state index in [1.54, 1.807) is 42.6 Å². The molecule has 2 N–H and O–H groups in total. The molecule has 0 spiro atoms. The molecule has 3 aromatic carbocycles. The smallest absolute Gasteiger partial charge is 0.368 e. The fraction of sp³-hybridized carbons (Fsp3) is 0.182. The number of sulfonamides is 1. The van der Waals surface area contributed by atoms with Crippen molar-refractivity contribution >= 4 is 43.8 Å². The number of furan rings is 1. The molecule has 236 valence electrons. The van der Waals surface area contributed by atoms with Gasteiger partial charge in [-0.3, -0.25) is 13.5 Å². The number of methoxy groups -OCH3 is 1. The third-order valence-corrected chi connectivity index (χ3v) is 8.67. The number of oxazole rings is 1. The monoisotopic (exact) mass is 647 g/mol. The normalized spacial score (nSPS) is 11.7. The molecule has 3 heterocycles. The largest absolute Gasteiger partial charge is 0.496 e. The number of aromatic amines is 1. The van der Waals surface area contributed by atoms with Crippen molar-refractivity contribution in [3.63, 3.8) is 0 Å². The number of carbonyl (C=O) groups excluding carboxylic acids is 1. The van der Waals surface area contributed by atoms with E-state index in [0.29, 0.717) is 44.6 Å². The van der Waals surface area contributed by atoms with E-state index in [0.717, 1.165) is 10.6 Å². The Hall–Kier alpha value is -5.30. The maximum atomic E-state index is 13.8. The van der Waals surface area contributed by atoms with E-state index in [9.17, 15) is 22.0 Å². The zero-order valence-corrected chi connectivity index (χ0v) is 25.9. The molecule has 6 rings (SSSR count). The molecular weight excluding hydrogens is 618 g/mol. The van der Waals surface area contributed by atoms with Crippen molar-refractivity contribution < 1.29 is 40.5 Å². The number of H-pyrrole nitrogens is 1. The molecule has 1 amide bonds. The summed E-state index contributed by atoms with van der Waals surface area (Å²) in [6.07, 6.45) is 2.70. The van der Waals surface area contributed by atoms with E-state index >= 15 is 0 Å². The predicted octanol–water partition coefficient (Wildman–Crippen LogP) is 6.02. The average Bonchev–Trinajstić information content (AvgIpc) is 3.65. The SMILES string of the molecule is CNC(=O)c1c(-c2ccc(F)cc2)oc2cc(N(CCCF)S(C)(=O)=O)c(-c3ccc(OC)c(-c4nc5[nH+]cccc5o4)c3)cc12. The van der Waals surface area contributed by atoms with Crippen LogP contribution in [0.3, 0.4) is 0 Å². The molecule has 10 nitrogen and oxygen atoms in total. The second kappa shape index (κ2) is 12.2. The summed E-state index contributed by atoms with van der Waals surface area (Å²) in [5, 5.41) is 3.01. The van der Waals surface area contributed by atoms with Gasteiger partial charge in [-0.15, -0.1) is 0 Å². The van der Waals surface area contributed by atoms with Gasteiger partial charge in [0.15, 0.2) is 0 Å². The van der Waals surface area contributed by atoms with Crippen LogP contribution in [0.15, 0.2) is 81.8 Å². The van der Waals surface area contributed by atoms with Gasteiger partial charge in [-0.1, -0.05) is 6.07 Å². The van der Waals surface area contributed by atoms with Crippen molar-refractivity contribution in [3.8, 4) is 39.7 Å². The van der Waals surface area contributed by atoms with Crippen LogP contribution in [0.4, 0.5) is 14.5 Å². The molecule has 0 unspecified atom stereocenters. The van der Waals surface area contributed by atoms with Gasteiger partial charge in [-0.05, 0) is 66.6 Å². The van der Waals surface area contributed by atoms with Crippen molar-refractivity contribution in [2.75, 3.05) is 37.9 Å². The molecule has 0 aliphatic carbocycles. The van der Waals surface area contributed by atoms with Gasteiger partial charge >= 0.3 is 11.5 Å². The number of amides is 1. The molecule has 0 fully saturated rings. The number of fused-ring (bicyclic) bond motifs is 2. The van der Waals surface area contributed by atoms with Crippen molar-refractivity contribution in [1.82, 2.24) is 10.3 Å². The zero-order chi connectivity index (χ0) is 32.6. The van der Waals surface area contributed by atoms with Crippen molar-refractivity contribution in [2.45, 2.75) is 6.42 Å². The predicted molar refractivity (Wildman–Crippen MR) is 169 cm³/mol. The van der Waals surface area contributed by atoms with Crippen LogP contribution < -0.4 is 19.3 Å². The molecule has 0 saturated heterocycles. The zero-order valence-electron chi connectivity index (χ0n) is 25.1. The Morgan fingerprint density at radius 3 is 2.46 bits per heavy atom. The number of pyridine rings is 1.